The predicted molar refractivity (Wildman–Crippen MR) is 75.8 cm³/mol. The minimum atomic E-state index is 0.118. The number of anilines is 1. The molecule has 1 aliphatic heterocycles. The maximum Gasteiger partial charge on any atom is 0.227 e. The van der Waals surface area contributed by atoms with E-state index < -0.39 is 0 Å². The minimum Gasteiger partial charge on any atom is -0.399 e. The zero-order valence-corrected chi connectivity index (χ0v) is 11.6. The van der Waals surface area contributed by atoms with Gasteiger partial charge in [-0.05, 0) is 31.0 Å². The van der Waals surface area contributed by atoms with Gasteiger partial charge in [0.05, 0.1) is 25.2 Å². The van der Waals surface area contributed by atoms with Crippen LogP contribution in [0.25, 0.3) is 0 Å². The fourth-order valence-corrected chi connectivity index (χ4v) is 2.47. The molecule has 0 bridgehead atoms. The van der Waals surface area contributed by atoms with E-state index in [1.807, 2.05) is 36.1 Å². The molecule has 0 aliphatic carbocycles. The molecule has 19 heavy (non-hydrogen) atoms. The Labute approximate surface area is 114 Å². The lowest BCUT2D eigenvalue weighted by molar-refractivity contribution is -0.143. The highest BCUT2D eigenvalue weighted by Crippen LogP contribution is 2.17. The number of carbonyl (C=O) groups excluding carboxylic acids is 1. The van der Waals surface area contributed by atoms with Crippen molar-refractivity contribution in [3.8, 4) is 0 Å². The van der Waals surface area contributed by atoms with Gasteiger partial charge in [-0.1, -0.05) is 19.1 Å². The maximum atomic E-state index is 12.4. The van der Waals surface area contributed by atoms with Gasteiger partial charge in [0.15, 0.2) is 0 Å². The minimum absolute atomic E-state index is 0.118. The van der Waals surface area contributed by atoms with E-state index in [1.54, 1.807) is 0 Å². The second-order valence-corrected chi connectivity index (χ2v) is 5.17. The van der Waals surface area contributed by atoms with Gasteiger partial charge in [-0.2, -0.15) is 0 Å². The van der Waals surface area contributed by atoms with Gasteiger partial charge in [-0.25, -0.2) is 0 Å². The summed E-state index contributed by atoms with van der Waals surface area (Å²) in [4.78, 5) is 14.4. The Morgan fingerprint density at radius 2 is 2.32 bits per heavy atom. The number of rotatable bonds is 3. The Morgan fingerprint density at radius 3 is 3.00 bits per heavy atom. The topological polar surface area (TPSA) is 55.6 Å². The third-order valence-corrected chi connectivity index (χ3v) is 3.57. The fourth-order valence-electron chi connectivity index (χ4n) is 2.47. The van der Waals surface area contributed by atoms with Gasteiger partial charge < -0.3 is 15.4 Å². The van der Waals surface area contributed by atoms with Crippen LogP contribution >= 0.6 is 0 Å². The number of nitrogens with two attached hydrogens (primary N) is 1. The van der Waals surface area contributed by atoms with E-state index in [1.165, 1.54) is 0 Å². The van der Waals surface area contributed by atoms with Gasteiger partial charge in [-0.15, -0.1) is 0 Å². The first-order valence-corrected chi connectivity index (χ1v) is 6.85. The van der Waals surface area contributed by atoms with Gasteiger partial charge in [0.1, 0.15) is 0 Å². The number of ether oxygens (including phenoxy) is 1. The highest BCUT2D eigenvalue weighted by Gasteiger charge is 2.29. The molecule has 0 saturated carbocycles. The number of carbonyl (C=O) groups is 1. The molecule has 0 aromatic heterocycles. The first-order chi connectivity index (χ1) is 9.10. The Hall–Kier alpha value is -1.55. The third-order valence-electron chi connectivity index (χ3n) is 3.57. The monoisotopic (exact) mass is 262 g/mol. The van der Waals surface area contributed by atoms with Crippen molar-refractivity contribution < 1.29 is 9.53 Å². The second-order valence-electron chi connectivity index (χ2n) is 5.17. The average Bonchev–Trinajstić information content (AvgIpc) is 2.38. The summed E-state index contributed by atoms with van der Waals surface area (Å²) in [6.45, 7) is 5.41. The summed E-state index contributed by atoms with van der Waals surface area (Å²) in [5, 5.41) is 0. The normalized spacial score (nSPS) is 23.4. The van der Waals surface area contributed by atoms with Crippen molar-refractivity contribution >= 4 is 11.6 Å². The number of nitrogens with zero attached hydrogens (tertiary/aromatic N) is 1. The van der Waals surface area contributed by atoms with Crippen molar-refractivity contribution in [1.82, 2.24) is 4.90 Å². The Bertz CT molecular complexity index is 448. The van der Waals surface area contributed by atoms with E-state index in [4.69, 9.17) is 10.5 Å². The highest BCUT2D eigenvalue weighted by atomic mass is 16.5. The maximum absolute atomic E-state index is 12.4. The molecule has 1 fully saturated rings. The summed E-state index contributed by atoms with van der Waals surface area (Å²) in [6, 6.07) is 7.73. The average molecular weight is 262 g/mol. The first-order valence-electron chi connectivity index (χ1n) is 6.85. The van der Waals surface area contributed by atoms with Crippen molar-refractivity contribution in [2.45, 2.75) is 38.8 Å². The van der Waals surface area contributed by atoms with Gasteiger partial charge in [0.2, 0.25) is 5.91 Å². The van der Waals surface area contributed by atoms with Gasteiger partial charge in [-0.3, -0.25) is 4.79 Å². The lowest BCUT2D eigenvalue weighted by atomic mass is 10.1. The number of hydrogen-bond acceptors (Lipinski definition) is 3. The van der Waals surface area contributed by atoms with Crippen molar-refractivity contribution in [1.29, 1.82) is 0 Å². The van der Waals surface area contributed by atoms with Crippen LogP contribution in [0.1, 0.15) is 25.8 Å². The highest BCUT2D eigenvalue weighted by molar-refractivity contribution is 5.79. The van der Waals surface area contributed by atoms with E-state index in [2.05, 4.69) is 6.92 Å². The molecular weight excluding hydrogens is 240 g/mol. The lowest BCUT2D eigenvalue weighted by Crippen LogP contribution is -2.51. The van der Waals surface area contributed by atoms with Gasteiger partial charge in [0.25, 0.3) is 0 Å². The summed E-state index contributed by atoms with van der Waals surface area (Å²) in [5.74, 6) is 0.160. The molecule has 2 unspecified atom stereocenters. The van der Waals surface area contributed by atoms with Crippen LogP contribution in [0.5, 0.6) is 0 Å². The number of hydrogen-bond donors (Lipinski definition) is 1. The molecule has 2 N–H and O–H groups in total. The fraction of sp³-hybridized carbons (Fsp3) is 0.533. The zero-order valence-electron chi connectivity index (χ0n) is 11.6. The van der Waals surface area contributed by atoms with Crippen LogP contribution in [-0.2, 0) is 16.0 Å². The number of morpholine rings is 1. The lowest BCUT2D eigenvalue weighted by Gasteiger charge is -2.38. The van der Waals surface area contributed by atoms with E-state index in [9.17, 15) is 4.79 Å². The summed E-state index contributed by atoms with van der Waals surface area (Å²) in [5.41, 5.74) is 7.42. The van der Waals surface area contributed by atoms with Crippen LogP contribution in [-0.4, -0.2) is 36.1 Å². The van der Waals surface area contributed by atoms with Crippen LogP contribution < -0.4 is 5.73 Å². The molecule has 1 saturated heterocycles. The summed E-state index contributed by atoms with van der Waals surface area (Å²) >= 11 is 0. The zero-order chi connectivity index (χ0) is 13.8. The summed E-state index contributed by atoms with van der Waals surface area (Å²) < 4.78 is 5.62. The Kier molecular flexibility index (Phi) is 4.43. The Morgan fingerprint density at radius 1 is 1.53 bits per heavy atom. The molecule has 1 heterocycles. The van der Waals surface area contributed by atoms with Crippen LogP contribution in [0, 0.1) is 0 Å². The van der Waals surface area contributed by atoms with E-state index in [-0.39, 0.29) is 18.1 Å². The molecule has 1 aromatic rings. The van der Waals surface area contributed by atoms with Crippen LogP contribution in [0.3, 0.4) is 0 Å². The molecule has 0 spiro atoms. The Balaban J connectivity index is 2.05. The largest absolute Gasteiger partial charge is 0.399 e. The molecule has 2 rings (SSSR count). The first kappa shape index (κ1) is 13.9. The van der Waals surface area contributed by atoms with E-state index >= 15 is 0 Å². The molecule has 1 aromatic carbocycles. The molecule has 104 valence electrons. The quantitative estimate of drug-likeness (QED) is 0.846. The SMILES string of the molecule is CCC1COC(C)CN1C(=O)Cc1cccc(N)c1. The van der Waals surface area contributed by atoms with Crippen molar-refractivity contribution in [2.75, 3.05) is 18.9 Å². The molecular formula is C15H22N2O2. The molecule has 4 heteroatoms. The van der Waals surface area contributed by atoms with E-state index in [0.29, 0.717) is 25.3 Å². The van der Waals surface area contributed by atoms with Crippen molar-refractivity contribution in [3.05, 3.63) is 29.8 Å². The second kappa shape index (κ2) is 6.06. The van der Waals surface area contributed by atoms with Crippen molar-refractivity contribution in [3.63, 3.8) is 0 Å². The van der Waals surface area contributed by atoms with E-state index in [0.717, 1.165) is 12.0 Å². The number of benzene rings is 1. The van der Waals surface area contributed by atoms with Crippen LogP contribution in [0.15, 0.2) is 24.3 Å². The number of amides is 1. The summed E-state index contributed by atoms with van der Waals surface area (Å²) in [7, 11) is 0. The summed E-state index contributed by atoms with van der Waals surface area (Å²) in [6.07, 6.45) is 1.46. The standard InChI is InChI=1S/C15H22N2O2/c1-3-14-10-19-11(2)9-17(14)15(18)8-12-5-4-6-13(16)7-12/h4-7,11,14H,3,8-10,16H2,1-2H3. The van der Waals surface area contributed by atoms with Crippen LogP contribution in [0.2, 0.25) is 0 Å². The van der Waals surface area contributed by atoms with Gasteiger partial charge in [0, 0.05) is 12.2 Å². The third kappa shape index (κ3) is 3.47. The molecule has 4 nitrogen and oxygen atoms in total. The smallest absolute Gasteiger partial charge is 0.227 e. The molecule has 1 amide bonds. The molecule has 0 radical (unpaired) electrons. The molecule has 2 atom stereocenters. The van der Waals surface area contributed by atoms with Crippen molar-refractivity contribution in [2.24, 2.45) is 0 Å². The number of nitrogen functional groups attached to an aromatic ring is 1. The van der Waals surface area contributed by atoms with Crippen LogP contribution in [0.4, 0.5) is 5.69 Å². The van der Waals surface area contributed by atoms with Gasteiger partial charge >= 0.3 is 0 Å². The predicted octanol–water partition coefficient (Wildman–Crippen LogP) is 1.84. The molecule has 1 aliphatic rings.